The highest BCUT2D eigenvalue weighted by Crippen LogP contribution is 2.52. The highest BCUT2D eigenvalue weighted by atomic mass is 32.1. The van der Waals surface area contributed by atoms with Crippen LogP contribution in [0.25, 0.3) is 10.1 Å². The Bertz CT molecular complexity index is 1100. The molecule has 0 spiro atoms. The summed E-state index contributed by atoms with van der Waals surface area (Å²) in [7, 11) is 0. The molecule has 2 N–H and O–H groups in total. The van der Waals surface area contributed by atoms with E-state index in [9.17, 15) is 14.7 Å². The fraction of sp³-hybridized carbons (Fsp3) is 0.679. The number of aromatic nitrogens is 1. The minimum atomic E-state index is -0.775. The van der Waals surface area contributed by atoms with Crippen molar-refractivity contribution in [3.05, 3.63) is 24.3 Å². The van der Waals surface area contributed by atoms with Crippen LogP contribution < -0.4 is 10.2 Å². The number of amides is 1. The molecule has 2 aromatic rings. The van der Waals surface area contributed by atoms with Crippen LogP contribution in [-0.2, 0) is 9.59 Å². The van der Waals surface area contributed by atoms with Crippen LogP contribution in [0.4, 0.5) is 5.82 Å². The number of nitrogens with one attached hydrogen (secondary N) is 1. The smallest absolute Gasteiger partial charge is 0.307 e. The van der Waals surface area contributed by atoms with Crippen LogP contribution in [0.1, 0.15) is 44.9 Å². The number of hydrogen-bond donors (Lipinski definition) is 2. The second-order valence-corrected chi connectivity index (χ2v) is 12.4. The lowest BCUT2D eigenvalue weighted by Crippen LogP contribution is -2.50. The number of benzene rings is 1. The number of carboxylic acids is 1. The second kappa shape index (κ2) is 10.3. The Morgan fingerprint density at radius 2 is 1.69 bits per heavy atom. The van der Waals surface area contributed by atoms with Crippen molar-refractivity contribution in [1.82, 2.24) is 14.6 Å². The minimum Gasteiger partial charge on any atom is -0.481 e. The fourth-order valence-electron chi connectivity index (χ4n) is 7.74. The highest BCUT2D eigenvalue weighted by molar-refractivity contribution is 7.13. The summed E-state index contributed by atoms with van der Waals surface area (Å²) >= 11 is 1.59. The van der Waals surface area contributed by atoms with Gasteiger partial charge in [-0.3, -0.25) is 14.5 Å². The van der Waals surface area contributed by atoms with Crippen molar-refractivity contribution < 1.29 is 14.7 Å². The molecule has 194 valence electrons. The SMILES string of the molecule is O=C(O)C1C(C(=O)NC[C@@H]2CCCC[C@H]2CN2CCN(c3nsc4ccccc34)CC2)[C@@H]2CC[C@H]1C2. The summed E-state index contributed by atoms with van der Waals surface area (Å²) in [6.07, 6.45) is 7.80. The molecule has 7 nitrogen and oxygen atoms in total. The third-order valence-electron chi connectivity index (χ3n) is 9.63. The van der Waals surface area contributed by atoms with Crippen LogP contribution in [0.3, 0.4) is 0 Å². The van der Waals surface area contributed by atoms with Gasteiger partial charge in [0.1, 0.15) is 5.82 Å². The average molecular weight is 511 g/mol. The van der Waals surface area contributed by atoms with E-state index >= 15 is 0 Å². The topological polar surface area (TPSA) is 85.8 Å². The first kappa shape index (κ1) is 24.2. The minimum absolute atomic E-state index is 0.00280. The number of carboxylic acid groups (broad SMARTS) is 1. The quantitative estimate of drug-likeness (QED) is 0.584. The van der Waals surface area contributed by atoms with Crippen molar-refractivity contribution in [3.8, 4) is 0 Å². The number of nitrogens with zero attached hydrogens (tertiary/aromatic N) is 3. The maximum atomic E-state index is 13.1. The van der Waals surface area contributed by atoms with Gasteiger partial charge in [-0.05, 0) is 79.4 Å². The first-order valence-corrected chi connectivity index (χ1v) is 14.7. The zero-order valence-electron chi connectivity index (χ0n) is 21.0. The van der Waals surface area contributed by atoms with E-state index in [0.717, 1.165) is 64.2 Å². The molecule has 2 unspecified atom stereocenters. The Hall–Kier alpha value is -2.19. The summed E-state index contributed by atoms with van der Waals surface area (Å²) in [5, 5.41) is 14.2. The normalized spacial score (nSPS) is 32.7. The molecule has 3 saturated carbocycles. The van der Waals surface area contributed by atoms with Crippen LogP contribution in [0.15, 0.2) is 24.3 Å². The molecule has 6 rings (SSSR count). The predicted molar refractivity (Wildman–Crippen MR) is 142 cm³/mol. The third-order valence-corrected chi connectivity index (χ3v) is 10.4. The monoisotopic (exact) mass is 510 g/mol. The van der Waals surface area contributed by atoms with Crippen LogP contribution in [0, 0.1) is 35.5 Å². The molecular weight excluding hydrogens is 472 g/mol. The molecule has 1 saturated heterocycles. The first-order valence-electron chi connectivity index (χ1n) is 13.9. The molecule has 1 aliphatic heterocycles. The van der Waals surface area contributed by atoms with Crippen LogP contribution in [0.5, 0.6) is 0 Å². The average Bonchev–Trinajstić information content (AvgIpc) is 3.63. The van der Waals surface area contributed by atoms with Gasteiger partial charge < -0.3 is 15.3 Å². The standard InChI is InChI=1S/C28H38N4O3S/c33-27(24-18-9-10-19(15-18)25(24)28(34)35)29-16-20-5-1-2-6-21(20)17-31-11-13-32(14-12-31)26-22-7-3-4-8-23(22)36-30-26/h3-4,7-8,18-21,24-25H,1-2,5-6,9-17H2,(H,29,33)(H,34,35)/t18-,19+,20+,21+,24?,25?/m1/s1. The number of rotatable bonds is 7. The number of fused-ring (bicyclic) bond motifs is 3. The van der Waals surface area contributed by atoms with Gasteiger partial charge in [-0.1, -0.05) is 25.0 Å². The van der Waals surface area contributed by atoms with E-state index in [0.29, 0.717) is 18.4 Å². The molecule has 2 bridgehead atoms. The molecular formula is C28H38N4O3S. The van der Waals surface area contributed by atoms with E-state index in [1.807, 2.05) is 0 Å². The summed E-state index contributed by atoms with van der Waals surface area (Å²) in [6.45, 7) is 5.90. The molecule has 4 fully saturated rings. The van der Waals surface area contributed by atoms with Gasteiger partial charge in [-0.2, -0.15) is 4.37 Å². The van der Waals surface area contributed by atoms with Crippen molar-refractivity contribution >= 4 is 39.3 Å². The van der Waals surface area contributed by atoms with Crippen molar-refractivity contribution in [3.63, 3.8) is 0 Å². The molecule has 6 atom stereocenters. The van der Waals surface area contributed by atoms with Gasteiger partial charge in [0, 0.05) is 44.7 Å². The molecule has 8 heteroatoms. The molecule has 1 aromatic heterocycles. The third kappa shape index (κ3) is 4.62. The molecule has 0 radical (unpaired) electrons. The largest absolute Gasteiger partial charge is 0.481 e. The lowest BCUT2D eigenvalue weighted by Gasteiger charge is -2.40. The van der Waals surface area contributed by atoms with E-state index in [2.05, 4.69) is 39.4 Å². The van der Waals surface area contributed by atoms with Gasteiger partial charge in [-0.25, -0.2) is 0 Å². The van der Waals surface area contributed by atoms with Crippen LogP contribution in [0.2, 0.25) is 0 Å². The molecule has 2 heterocycles. The summed E-state index contributed by atoms with van der Waals surface area (Å²) in [5.74, 6) is 1.12. The molecule has 3 aliphatic carbocycles. The molecule has 1 aromatic carbocycles. The summed E-state index contributed by atoms with van der Waals surface area (Å²) in [4.78, 5) is 30.0. The zero-order chi connectivity index (χ0) is 24.6. The van der Waals surface area contributed by atoms with Gasteiger partial charge in [0.15, 0.2) is 0 Å². The van der Waals surface area contributed by atoms with Crippen molar-refractivity contribution in [2.24, 2.45) is 35.5 Å². The summed E-state index contributed by atoms with van der Waals surface area (Å²) in [6, 6.07) is 8.50. The zero-order valence-corrected chi connectivity index (χ0v) is 21.8. The van der Waals surface area contributed by atoms with Gasteiger partial charge in [0.05, 0.1) is 16.5 Å². The van der Waals surface area contributed by atoms with Crippen molar-refractivity contribution in [2.75, 3.05) is 44.2 Å². The van der Waals surface area contributed by atoms with E-state index in [1.165, 1.54) is 29.3 Å². The lowest BCUT2D eigenvalue weighted by atomic mass is 9.77. The Kier molecular flexibility index (Phi) is 6.90. The molecule has 1 amide bonds. The number of piperazine rings is 1. The Morgan fingerprint density at radius 3 is 2.47 bits per heavy atom. The van der Waals surface area contributed by atoms with E-state index < -0.39 is 11.9 Å². The number of carbonyl (C=O) groups is 2. The number of aliphatic carboxylic acids is 1. The van der Waals surface area contributed by atoms with E-state index in [-0.39, 0.29) is 23.7 Å². The van der Waals surface area contributed by atoms with Gasteiger partial charge in [0.2, 0.25) is 5.91 Å². The highest BCUT2D eigenvalue weighted by Gasteiger charge is 2.54. The summed E-state index contributed by atoms with van der Waals surface area (Å²) in [5.41, 5.74) is 0. The van der Waals surface area contributed by atoms with Gasteiger partial charge in [-0.15, -0.1) is 0 Å². The van der Waals surface area contributed by atoms with Crippen molar-refractivity contribution in [1.29, 1.82) is 0 Å². The Labute approximate surface area is 217 Å². The first-order chi connectivity index (χ1) is 17.6. The van der Waals surface area contributed by atoms with Gasteiger partial charge in [0.25, 0.3) is 0 Å². The Morgan fingerprint density at radius 1 is 0.972 bits per heavy atom. The fourth-order valence-corrected chi connectivity index (χ4v) is 8.54. The van der Waals surface area contributed by atoms with Crippen molar-refractivity contribution in [2.45, 2.75) is 44.9 Å². The lowest BCUT2D eigenvalue weighted by molar-refractivity contribution is -0.149. The van der Waals surface area contributed by atoms with E-state index in [4.69, 9.17) is 4.37 Å². The summed E-state index contributed by atoms with van der Waals surface area (Å²) < 4.78 is 6.00. The predicted octanol–water partition coefficient (Wildman–Crippen LogP) is 4.09. The molecule has 36 heavy (non-hydrogen) atoms. The van der Waals surface area contributed by atoms with Gasteiger partial charge >= 0.3 is 5.97 Å². The maximum absolute atomic E-state index is 13.1. The number of carbonyl (C=O) groups excluding carboxylic acids is 1. The van der Waals surface area contributed by atoms with E-state index in [1.54, 1.807) is 11.5 Å². The van der Waals surface area contributed by atoms with Crippen LogP contribution >= 0.6 is 11.5 Å². The van der Waals surface area contributed by atoms with Crippen LogP contribution in [-0.4, -0.2) is 65.5 Å². The second-order valence-electron chi connectivity index (χ2n) is 11.6. The number of anilines is 1. The number of hydrogen-bond acceptors (Lipinski definition) is 6. The Balaban J connectivity index is 1.02. The maximum Gasteiger partial charge on any atom is 0.307 e. The molecule has 4 aliphatic rings.